The van der Waals surface area contributed by atoms with Gasteiger partial charge in [0.05, 0.1) is 24.1 Å². The predicted octanol–water partition coefficient (Wildman–Crippen LogP) is 1.67. The second-order valence-electron chi connectivity index (χ2n) is 3.78. The van der Waals surface area contributed by atoms with Gasteiger partial charge >= 0.3 is 0 Å². The van der Waals surface area contributed by atoms with Crippen LogP contribution in [0.25, 0.3) is 0 Å². The summed E-state index contributed by atoms with van der Waals surface area (Å²) in [7, 11) is 0. The number of nitrogens with one attached hydrogen (secondary N) is 2. The minimum atomic E-state index is 0.142. The summed E-state index contributed by atoms with van der Waals surface area (Å²) in [5.74, 6) is 0.846. The Kier molecular flexibility index (Phi) is 4.40. The van der Waals surface area contributed by atoms with Crippen LogP contribution in [0.15, 0.2) is 12.4 Å². The highest BCUT2D eigenvalue weighted by molar-refractivity contribution is 6.28. The third-order valence-corrected chi connectivity index (χ3v) is 2.37. The van der Waals surface area contributed by atoms with Gasteiger partial charge in [0, 0.05) is 12.7 Å². The minimum absolute atomic E-state index is 0.142. The molecular weight excluding hydrogens is 266 g/mol. The van der Waals surface area contributed by atoms with Crippen molar-refractivity contribution in [2.75, 3.05) is 17.2 Å². The average Bonchev–Trinajstić information content (AvgIpc) is 2.38. The standard InChI is InChI=1S/C11H14ClN7/c1-3-13-10-17-9(12)18-11(19-10)16-6-8-5-14-7(2)4-15-8/h4-5H,3,6H2,1-2H3,(H2,13,16,17,18,19). The summed E-state index contributed by atoms with van der Waals surface area (Å²) >= 11 is 5.82. The first-order valence-corrected chi connectivity index (χ1v) is 6.22. The van der Waals surface area contributed by atoms with Crippen LogP contribution < -0.4 is 10.6 Å². The van der Waals surface area contributed by atoms with Crippen LogP contribution >= 0.6 is 11.6 Å². The molecule has 2 heterocycles. The summed E-state index contributed by atoms with van der Waals surface area (Å²) in [5.41, 5.74) is 1.67. The first-order chi connectivity index (χ1) is 9.17. The molecule has 0 bridgehead atoms. The van der Waals surface area contributed by atoms with Crippen molar-refractivity contribution in [3.05, 3.63) is 29.1 Å². The summed E-state index contributed by atoms with van der Waals surface area (Å²) in [4.78, 5) is 20.5. The molecule has 0 aliphatic heterocycles. The molecule has 2 aromatic heterocycles. The number of aryl methyl sites for hydroxylation is 1. The number of nitrogens with zero attached hydrogens (tertiary/aromatic N) is 5. The van der Waals surface area contributed by atoms with E-state index in [2.05, 4.69) is 35.6 Å². The average molecular weight is 280 g/mol. The third-order valence-electron chi connectivity index (χ3n) is 2.21. The van der Waals surface area contributed by atoms with Gasteiger partial charge in [-0.25, -0.2) is 0 Å². The second-order valence-corrected chi connectivity index (χ2v) is 4.12. The topological polar surface area (TPSA) is 88.5 Å². The summed E-state index contributed by atoms with van der Waals surface area (Å²) in [6, 6.07) is 0. The highest BCUT2D eigenvalue weighted by atomic mass is 35.5. The van der Waals surface area contributed by atoms with E-state index in [0.717, 1.165) is 11.4 Å². The summed E-state index contributed by atoms with van der Waals surface area (Å²) < 4.78 is 0. The van der Waals surface area contributed by atoms with E-state index in [0.29, 0.717) is 25.0 Å². The van der Waals surface area contributed by atoms with E-state index in [1.165, 1.54) is 0 Å². The van der Waals surface area contributed by atoms with Crippen LogP contribution in [0.5, 0.6) is 0 Å². The van der Waals surface area contributed by atoms with Gasteiger partial charge in [0.15, 0.2) is 0 Å². The van der Waals surface area contributed by atoms with E-state index in [4.69, 9.17) is 11.6 Å². The Balaban J connectivity index is 2.04. The van der Waals surface area contributed by atoms with Gasteiger partial charge < -0.3 is 10.6 Å². The highest BCUT2D eigenvalue weighted by Gasteiger charge is 2.04. The molecule has 0 radical (unpaired) electrons. The molecule has 8 heteroatoms. The molecule has 0 aliphatic rings. The maximum Gasteiger partial charge on any atom is 0.229 e. The number of halogens is 1. The Labute approximate surface area is 115 Å². The minimum Gasteiger partial charge on any atom is -0.354 e. The summed E-state index contributed by atoms with van der Waals surface area (Å²) in [6.45, 7) is 5.02. The Bertz CT molecular complexity index is 543. The molecule has 0 aliphatic carbocycles. The van der Waals surface area contributed by atoms with Crippen LogP contribution in [-0.2, 0) is 6.54 Å². The zero-order chi connectivity index (χ0) is 13.7. The molecule has 2 N–H and O–H groups in total. The van der Waals surface area contributed by atoms with Gasteiger partial charge in [0.25, 0.3) is 0 Å². The van der Waals surface area contributed by atoms with Gasteiger partial charge in [-0.15, -0.1) is 0 Å². The SMILES string of the molecule is CCNc1nc(Cl)nc(NCc2cnc(C)cn2)n1. The van der Waals surface area contributed by atoms with Crippen LogP contribution in [0.3, 0.4) is 0 Å². The smallest absolute Gasteiger partial charge is 0.229 e. The van der Waals surface area contributed by atoms with Gasteiger partial charge in [-0.1, -0.05) is 0 Å². The molecule has 2 aromatic rings. The lowest BCUT2D eigenvalue weighted by Crippen LogP contribution is -2.09. The van der Waals surface area contributed by atoms with Gasteiger partial charge in [0.1, 0.15) is 0 Å². The monoisotopic (exact) mass is 279 g/mol. The second kappa shape index (κ2) is 6.24. The fourth-order valence-electron chi connectivity index (χ4n) is 1.35. The molecule has 0 atom stereocenters. The van der Waals surface area contributed by atoms with Gasteiger partial charge in [-0.05, 0) is 25.4 Å². The molecule has 0 unspecified atom stereocenters. The molecule has 19 heavy (non-hydrogen) atoms. The van der Waals surface area contributed by atoms with E-state index in [1.54, 1.807) is 12.4 Å². The number of hydrogen-bond donors (Lipinski definition) is 2. The van der Waals surface area contributed by atoms with Crippen molar-refractivity contribution in [1.82, 2.24) is 24.9 Å². The lowest BCUT2D eigenvalue weighted by molar-refractivity contribution is 0.945. The Morgan fingerprint density at radius 2 is 1.79 bits per heavy atom. The Morgan fingerprint density at radius 1 is 1.05 bits per heavy atom. The summed E-state index contributed by atoms with van der Waals surface area (Å²) in [6.07, 6.45) is 3.41. The molecule has 0 spiro atoms. The van der Waals surface area contributed by atoms with Crippen molar-refractivity contribution in [3.63, 3.8) is 0 Å². The normalized spacial score (nSPS) is 10.3. The van der Waals surface area contributed by atoms with Crippen LogP contribution in [0.4, 0.5) is 11.9 Å². The third kappa shape index (κ3) is 3.99. The van der Waals surface area contributed by atoms with Crippen molar-refractivity contribution >= 4 is 23.5 Å². The van der Waals surface area contributed by atoms with E-state index in [9.17, 15) is 0 Å². The molecule has 7 nitrogen and oxygen atoms in total. The van der Waals surface area contributed by atoms with E-state index in [-0.39, 0.29) is 5.28 Å². The van der Waals surface area contributed by atoms with Gasteiger partial charge in [0.2, 0.25) is 17.2 Å². The maximum atomic E-state index is 5.82. The Hall–Kier alpha value is -2.02. The zero-order valence-electron chi connectivity index (χ0n) is 10.7. The van der Waals surface area contributed by atoms with Gasteiger partial charge in [-0.3, -0.25) is 9.97 Å². The molecular formula is C11H14ClN7. The molecule has 0 aromatic carbocycles. The molecule has 0 saturated carbocycles. The lowest BCUT2D eigenvalue weighted by atomic mass is 10.4. The van der Waals surface area contributed by atoms with Crippen molar-refractivity contribution in [2.24, 2.45) is 0 Å². The van der Waals surface area contributed by atoms with Crippen LogP contribution in [0, 0.1) is 6.92 Å². The van der Waals surface area contributed by atoms with Crippen molar-refractivity contribution in [1.29, 1.82) is 0 Å². The van der Waals surface area contributed by atoms with Crippen LogP contribution in [0.1, 0.15) is 18.3 Å². The first kappa shape index (κ1) is 13.4. The van der Waals surface area contributed by atoms with Crippen molar-refractivity contribution in [3.8, 4) is 0 Å². The molecule has 0 saturated heterocycles. The first-order valence-electron chi connectivity index (χ1n) is 5.84. The van der Waals surface area contributed by atoms with Crippen molar-refractivity contribution in [2.45, 2.75) is 20.4 Å². The number of anilines is 2. The molecule has 2 rings (SSSR count). The van der Waals surface area contributed by atoms with Crippen LogP contribution in [0.2, 0.25) is 5.28 Å². The van der Waals surface area contributed by atoms with E-state index in [1.807, 2.05) is 13.8 Å². The van der Waals surface area contributed by atoms with Crippen LogP contribution in [-0.4, -0.2) is 31.5 Å². The van der Waals surface area contributed by atoms with Crippen molar-refractivity contribution < 1.29 is 0 Å². The molecule has 100 valence electrons. The van der Waals surface area contributed by atoms with Gasteiger partial charge in [-0.2, -0.15) is 15.0 Å². The zero-order valence-corrected chi connectivity index (χ0v) is 11.4. The number of hydrogen-bond acceptors (Lipinski definition) is 7. The highest BCUT2D eigenvalue weighted by Crippen LogP contribution is 2.10. The Morgan fingerprint density at radius 3 is 2.42 bits per heavy atom. The molecule has 0 fully saturated rings. The number of aromatic nitrogens is 5. The maximum absolute atomic E-state index is 5.82. The lowest BCUT2D eigenvalue weighted by Gasteiger charge is -2.06. The van der Waals surface area contributed by atoms with E-state index < -0.39 is 0 Å². The largest absolute Gasteiger partial charge is 0.354 e. The summed E-state index contributed by atoms with van der Waals surface area (Å²) in [5, 5.41) is 6.15. The number of rotatable bonds is 5. The predicted molar refractivity (Wildman–Crippen MR) is 73.1 cm³/mol. The quantitative estimate of drug-likeness (QED) is 0.860. The fourth-order valence-corrected chi connectivity index (χ4v) is 1.51. The van der Waals surface area contributed by atoms with E-state index >= 15 is 0 Å². The fraction of sp³-hybridized carbons (Fsp3) is 0.364. The molecule has 0 amide bonds.